The molecule has 1 rings (SSSR count). The Kier molecular flexibility index (Phi) is 5.05. The van der Waals surface area contributed by atoms with Gasteiger partial charge in [0, 0.05) is 12.6 Å². The number of nitrogens with one attached hydrogen (secondary N) is 1. The summed E-state index contributed by atoms with van der Waals surface area (Å²) in [7, 11) is 0. The topological polar surface area (TPSA) is 58.6 Å². The van der Waals surface area contributed by atoms with Gasteiger partial charge < -0.3 is 15.2 Å². The van der Waals surface area contributed by atoms with E-state index in [4.69, 9.17) is 9.84 Å². The van der Waals surface area contributed by atoms with Gasteiger partial charge in [0.1, 0.15) is 6.10 Å². The average Bonchev–Trinajstić information content (AvgIpc) is 2.61. The zero-order valence-corrected chi connectivity index (χ0v) is 9.53. The van der Waals surface area contributed by atoms with Crippen LogP contribution in [0.1, 0.15) is 39.5 Å². The predicted octanol–water partition coefficient (Wildman–Crippen LogP) is 0.831. The molecule has 88 valence electrons. The molecule has 4 nitrogen and oxygen atoms in total. The molecule has 0 bridgehead atoms. The third-order valence-electron chi connectivity index (χ3n) is 2.71. The van der Waals surface area contributed by atoms with Crippen LogP contribution >= 0.6 is 0 Å². The van der Waals surface area contributed by atoms with E-state index in [9.17, 15) is 4.79 Å². The molecule has 4 heteroatoms. The lowest BCUT2D eigenvalue weighted by atomic mass is 10.1. The van der Waals surface area contributed by atoms with Crippen LogP contribution in [-0.2, 0) is 9.53 Å². The Labute approximate surface area is 91.0 Å². The van der Waals surface area contributed by atoms with Crippen molar-refractivity contribution in [1.29, 1.82) is 0 Å². The number of aliphatic hydroxyl groups is 1. The minimum atomic E-state index is -0.267. The number of hydrogen-bond donors (Lipinski definition) is 2. The van der Waals surface area contributed by atoms with E-state index in [1.165, 1.54) is 0 Å². The molecule has 0 radical (unpaired) electrons. The molecular weight excluding hydrogens is 194 g/mol. The largest absolute Gasteiger partial charge is 0.396 e. The van der Waals surface area contributed by atoms with E-state index in [-0.39, 0.29) is 30.8 Å². The van der Waals surface area contributed by atoms with E-state index in [0.717, 1.165) is 25.7 Å². The van der Waals surface area contributed by atoms with Crippen molar-refractivity contribution >= 4 is 5.91 Å². The number of amides is 1. The molecule has 3 atom stereocenters. The van der Waals surface area contributed by atoms with Gasteiger partial charge in [-0.25, -0.2) is 0 Å². The summed E-state index contributed by atoms with van der Waals surface area (Å²) in [5.41, 5.74) is 0. The molecule has 15 heavy (non-hydrogen) atoms. The Morgan fingerprint density at radius 2 is 2.33 bits per heavy atom. The molecule has 0 aliphatic carbocycles. The van der Waals surface area contributed by atoms with E-state index in [2.05, 4.69) is 5.32 Å². The van der Waals surface area contributed by atoms with Crippen molar-refractivity contribution in [2.75, 3.05) is 6.61 Å². The second-order valence-corrected chi connectivity index (χ2v) is 4.29. The number of carbonyl (C=O) groups is 1. The fourth-order valence-electron chi connectivity index (χ4n) is 1.80. The summed E-state index contributed by atoms with van der Waals surface area (Å²) in [6.45, 7) is 4.12. The monoisotopic (exact) mass is 215 g/mol. The first kappa shape index (κ1) is 12.5. The van der Waals surface area contributed by atoms with E-state index in [1.54, 1.807) is 0 Å². The van der Waals surface area contributed by atoms with E-state index < -0.39 is 0 Å². The number of carbonyl (C=O) groups excluding carboxylic acids is 1. The third-order valence-corrected chi connectivity index (χ3v) is 2.71. The molecule has 0 aromatic carbocycles. The molecule has 0 aromatic rings. The highest BCUT2D eigenvalue weighted by molar-refractivity contribution is 5.81. The summed E-state index contributed by atoms with van der Waals surface area (Å²) in [5, 5.41) is 11.6. The Morgan fingerprint density at radius 3 is 2.87 bits per heavy atom. The van der Waals surface area contributed by atoms with E-state index in [1.807, 2.05) is 13.8 Å². The molecule has 1 aliphatic heterocycles. The fraction of sp³-hybridized carbons (Fsp3) is 0.909. The van der Waals surface area contributed by atoms with Crippen molar-refractivity contribution in [2.45, 2.75) is 57.8 Å². The van der Waals surface area contributed by atoms with Crippen LogP contribution in [0.3, 0.4) is 0 Å². The predicted molar refractivity (Wildman–Crippen MR) is 57.5 cm³/mol. The first-order chi connectivity index (χ1) is 7.13. The number of rotatable bonds is 5. The van der Waals surface area contributed by atoms with Gasteiger partial charge in [-0.2, -0.15) is 0 Å². The van der Waals surface area contributed by atoms with Gasteiger partial charge in [0.05, 0.1) is 6.10 Å². The van der Waals surface area contributed by atoms with Gasteiger partial charge in [-0.15, -0.1) is 0 Å². The Balaban J connectivity index is 2.23. The number of aliphatic hydroxyl groups excluding tert-OH is 1. The van der Waals surface area contributed by atoms with Gasteiger partial charge in [0.2, 0.25) is 5.91 Å². The molecule has 3 unspecified atom stereocenters. The van der Waals surface area contributed by atoms with Gasteiger partial charge in [0.15, 0.2) is 0 Å². The van der Waals surface area contributed by atoms with Gasteiger partial charge in [0.25, 0.3) is 0 Å². The molecule has 1 aliphatic rings. The first-order valence-corrected chi connectivity index (χ1v) is 5.70. The zero-order valence-electron chi connectivity index (χ0n) is 9.53. The molecule has 1 amide bonds. The quantitative estimate of drug-likeness (QED) is 0.714. The van der Waals surface area contributed by atoms with Gasteiger partial charge in [-0.1, -0.05) is 0 Å². The molecule has 2 N–H and O–H groups in total. The summed E-state index contributed by atoms with van der Waals surface area (Å²) < 4.78 is 5.47. The lowest BCUT2D eigenvalue weighted by Gasteiger charge is -2.16. The molecule has 1 saturated heterocycles. The lowest BCUT2D eigenvalue weighted by molar-refractivity contribution is -0.132. The zero-order chi connectivity index (χ0) is 11.3. The highest BCUT2D eigenvalue weighted by Crippen LogP contribution is 2.19. The fourth-order valence-corrected chi connectivity index (χ4v) is 1.80. The highest BCUT2D eigenvalue weighted by atomic mass is 16.5. The van der Waals surface area contributed by atoms with Gasteiger partial charge in [-0.3, -0.25) is 4.79 Å². The molecule has 1 fully saturated rings. The normalized spacial score (nSPS) is 27.7. The second-order valence-electron chi connectivity index (χ2n) is 4.29. The second kappa shape index (κ2) is 6.08. The molecule has 0 aromatic heterocycles. The molecule has 0 saturated carbocycles. The standard InChI is InChI=1S/C11H21NO3/c1-8(4-3-7-13)12-11(14)10-6-5-9(2)15-10/h8-10,13H,3-7H2,1-2H3,(H,12,14). The SMILES string of the molecule is CC(CCCO)NC(=O)C1CCC(C)O1. The van der Waals surface area contributed by atoms with Crippen LogP contribution < -0.4 is 5.32 Å². The van der Waals surface area contributed by atoms with Crippen molar-refractivity contribution in [2.24, 2.45) is 0 Å². The van der Waals surface area contributed by atoms with Crippen molar-refractivity contribution in [3.8, 4) is 0 Å². The van der Waals surface area contributed by atoms with Crippen LogP contribution in [0.15, 0.2) is 0 Å². The minimum absolute atomic E-state index is 0.00945. The number of hydrogen-bond acceptors (Lipinski definition) is 3. The maximum atomic E-state index is 11.7. The summed E-state index contributed by atoms with van der Waals surface area (Å²) in [4.78, 5) is 11.7. The summed E-state index contributed by atoms with van der Waals surface area (Å²) in [5.74, 6) is -0.00945. The van der Waals surface area contributed by atoms with Gasteiger partial charge >= 0.3 is 0 Å². The Morgan fingerprint density at radius 1 is 1.60 bits per heavy atom. The van der Waals surface area contributed by atoms with Crippen molar-refractivity contribution in [3.63, 3.8) is 0 Å². The van der Waals surface area contributed by atoms with Crippen molar-refractivity contribution < 1.29 is 14.6 Å². The van der Waals surface area contributed by atoms with Crippen molar-refractivity contribution in [3.05, 3.63) is 0 Å². The maximum absolute atomic E-state index is 11.7. The molecule has 1 heterocycles. The highest BCUT2D eigenvalue weighted by Gasteiger charge is 2.28. The summed E-state index contributed by atoms with van der Waals surface area (Å²) in [6.07, 6.45) is 3.25. The summed E-state index contributed by atoms with van der Waals surface area (Å²) >= 11 is 0. The van der Waals surface area contributed by atoms with Crippen LogP contribution in [0.5, 0.6) is 0 Å². The molecule has 0 spiro atoms. The van der Waals surface area contributed by atoms with Crippen LogP contribution in [0, 0.1) is 0 Å². The third kappa shape index (κ3) is 4.18. The maximum Gasteiger partial charge on any atom is 0.249 e. The van der Waals surface area contributed by atoms with Crippen molar-refractivity contribution in [1.82, 2.24) is 5.32 Å². The Bertz CT molecular complexity index is 208. The number of ether oxygens (including phenoxy) is 1. The van der Waals surface area contributed by atoms with Gasteiger partial charge in [-0.05, 0) is 39.5 Å². The average molecular weight is 215 g/mol. The van der Waals surface area contributed by atoms with Crippen LogP contribution in [0.2, 0.25) is 0 Å². The summed E-state index contributed by atoms with van der Waals surface area (Å²) in [6, 6.07) is 0.115. The lowest BCUT2D eigenvalue weighted by Crippen LogP contribution is -2.40. The smallest absolute Gasteiger partial charge is 0.249 e. The first-order valence-electron chi connectivity index (χ1n) is 5.70. The Hall–Kier alpha value is -0.610. The van der Waals surface area contributed by atoms with Crippen LogP contribution in [0.4, 0.5) is 0 Å². The van der Waals surface area contributed by atoms with Crippen LogP contribution in [-0.4, -0.2) is 35.9 Å². The van der Waals surface area contributed by atoms with E-state index in [0.29, 0.717) is 0 Å². The van der Waals surface area contributed by atoms with E-state index >= 15 is 0 Å². The molecular formula is C11H21NO3. The van der Waals surface area contributed by atoms with Crippen LogP contribution in [0.25, 0.3) is 0 Å². The minimum Gasteiger partial charge on any atom is -0.396 e.